The maximum Gasteiger partial charge on any atom is 0.137 e. The lowest BCUT2D eigenvalue weighted by atomic mass is 10.0. The lowest BCUT2D eigenvalue weighted by Crippen LogP contribution is -2.00. The Hall–Kier alpha value is -5.16. The molecule has 7 rings (SSSR count). The molecule has 0 aliphatic heterocycles. The molecular weight excluding hydrogens is 528 g/mol. The first-order valence-electron chi connectivity index (χ1n) is 16.0. The van der Waals surface area contributed by atoms with Crippen molar-refractivity contribution in [1.29, 1.82) is 0 Å². The number of hydrogen-bond donors (Lipinski definition) is 0. The quantitative estimate of drug-likeness (QED) is 0.202. The van der Waals surface area contributed by atoms with E-state index in [4.69, 9.17) is 18.9 Å². The molecule has 0 saturated carbocycles. The predicted octanol–water partition coefficient (Wildman–Crippen LogP) is 9.87. The Kier molecular flexibility index (Phi) is 5.77. The van der Waals surface area contributed by atoms with Crippen LogP contribution in [-0.2, 0) is 0 Å². The summed E-state index contributed by atoms with van der Waals surface area (Å²) in [6, 6.07) is 33.6. The van der Waals surface area contributed by atoms with Gasteiger partial charge in [-0.2, -0.15) is 5.10 Å². The molecule has 3 aromatic heterocycles. The molecule has 7 aromatic rings. The molecule has 43 heavy (non-hydrogen) atoms. The molecule has 0 atom stereocenters. The highest BCUT2D eigenvalue weighted by Crippen LogP contribution is 2.36. The molecule has 0 saturated heterocycles. The van der Waals surface area contributed by atoms with Gasteiger partial charge in [-0.15, -0.1) is 0 Å². The summed E-state index contributed by atoms with van der Waals surface area (Å²) in [7, 11) is 0. The van der Waals surface area contributed by atoms with Crippen molar-refractivity contribution in [2.45, 2.75) is 40.5 Å². The number of benzene rings is 4. The van der Waals surface area contributed by atoms with E-state index in [2.05, 4.69) is 43.5 Å². The fourth-order valence-corrected chi connectivity index (χ4v) is 5.96. The van der Waals surface area contributed by atoms with Crippen LogP contribution in [0.1, 0.15) is 46.4 Å². The molecular formula is C38H34N4O. The highest BCUT2D eigenvalue weighted by molar-refractivity contribution is 6.09. The van der Waals surface area contributed by atoms with Gasteiger partial charge in [0.15, 0.2) is 0 Å². The number of aryl methyl sites for hydroxylation is 2. The second-order valence-corrected chi connectivity index (χ2v) is 11.3. The summed E-state index contributed by atoms with van der Waals surface area (Å²) < 4.78 is 34.5. The highest BCUT2D eigenvalue weighted by atomic mass is 16.5. The van der Waals surface area contributed by atoms with Crippen LogP contribution < -0.4 is 4.74 Å². The number of hydrogen-bond acceptors (Lipinski definition) is 3. The van der Waals surface area contributed by atoms with E-state index in [1.54, 1.807) is 12.1 Å². The van der Waals surface area contributed by atoms with Gasteiger partial charge >= 0.3 is 0 Å². The third-order valence-electron chi connectivity index (χ3n) is 8.05. The summed E-state index contributed by atoms with van der Waals surface area (Å²) in [5.74, 6) is 2.43. The van der Waals surface area contributed by atoms with Crippen LogP contribution in [0.5, 0.6) is 11.5 Å². The smallest absolute Gasteiger partial charge is 0.137 e. The predicted molar refractivity (Wildman–Crippen MR) is 176 cm³/mol. The Bertz CT molecular complexity index is 2230. The van der Waals surface area contributed by atoms with Gasteiger partial charge in [-0.05, 0) is 86.3 Å². The van der Waals surface area contributed by atoms with Crippen molar-refractivity contribution >= 4 is 21.8 Å². The minimum absolute atomic E-state index is 0.305. The number of aromatic nitrogens is 4. The van der Waals surface area contributed by atoms with Gasteiger partial charge in [0.1, 0.15) is 17.3 Å². The van der Waals surface area contributed by atoms with Crippen LogP contribution in [0.4, 0.5) is 0 Å². The van der Waals surface area contributed by atoms with Gasteiger partial charge in [-0.25, -0.2) is 9.67 Å². The van der Waals surface area contributed by atoms with Crippen molar-refractivity contribution in [3.05, 3.63) is 132 Å². The zero-order chi connectivity index (χ0) is 32.2. The molecule has 0 fully saturated rings. The zero-order valence-electron chi connectivity index (χ0n) is 27.7. The van der Waals surface area contributed by atoms with E-state index in [0.717, 1.165) is 55.8 Å². The van der Waals surface area contributed by atoms with E-state index in [0.29, 0.717) is 23.0 Å². The molecule has 0 aliphatic rings. The summed E-state index contributed by atoms with van der Waals surface area (Å²) in [5.41, 5.74) is 8.43. The fourth-order valence-electron chi connectivity index (χ4n) is 5.96. The van der Waals surface area contributed by atoms with E-state index < -0.39 is 6.85 Å². The van der Waals surface area contributed by atoms with Crippen LogP contribution in [-0.4, -0.2) is 19.3 Å². The van der Waals surface area contributed by atoms with Crippen molar-refractivity contribution in [1.82, 2.24) is 19.3 Å². The number of ether oxygens (including phenoxy) is 1. The maximum absolute atomic E-state index is 8.00. The van der Waals surface area contributed by atoms with E-state index in [-0.39, 0.29) is 0 Å². The molecule has 5 nitrogen and oxygen atoms in total. The van der Waals surface area contributed by atoms with Gasteiger partial charge < -0.3 is 4.74 Å². The van der Waals surface area contributed by atoms with Gasteiger partial charge in [-0.1, -0.05) is 61.9 Å². The molecule has 0 amide bonds. The second kappa shape index (κ2) is 10.6. The molecule has 0 unspecified atom stereocenters. The lowest BCUT2D eigenvalue weighted by molar-refractivity contribution is 0.482. The third kappa shape index (κ3) is 4.77. The average molecular weight is 566 g/mol. The molecule has 0 bridgehead atoms. The summed E-state index contributed by atoms with van der Waals surface area (Å²) in [4.78, 5) is 4.74. The van der Waals surface area contributed by atoms with E-state index >= 15 is 0 Å². The van der Waals surface area contributed by atoms with Crippen molar-refractivity contribution in [2.24, 2.45) is 0 Å². The largest absolute Gasteiger partial charge is 0.457 e. The Morgan fingerprint density at radius 2 is 1.60 bits per heavy atom. The van der Waals surface area contributed by atoms with Crippen LogP contribution in [0.15, 0.2) is 109 Å². The van der Waals surface area contributed by atoms with Crippen molar-refractivity contribution in [3.63, 3.8) is 0 Å². The molecule has 0 radical (unpaired) electrons. The van der Waals surface area contributed by atoms with Crippen LogP contribution in [0.2, 0.25) is 0 Å². The second-order valence-electron chi connectivity index (χ2n) is 11.3. The summed E-state index contributed by atoms with van der Waals surface area (Å²) in [6.07, 6.45) is 1.83. The van der Waals surface area contributed by atoms with Crippen LogP contribution in [0.25, 0.3) is 44.4 Å². The normalized spacial score (nSPS) is 12.9. The SMILES string of the molecule is [2H]C([2H])([2H])c1ccc2c(c1)c1ccc(Oc3cccc(-n4nc(C)c(-c5ccccc5)c4C)c3)cc1n2-c1cc(C(C)C)ccn1. The monoisotopic (exact) mass is 565 g/mol. The first kappa shape index (κ1) is 23.4. The minimum atomic E-state index is -2.21. The Balaban J connectivity index is 1.32. The molecule has 0 aliphatic carbocycles. The van der Waals surface area contributed by atoms with Gasteiger partial charge in [0.05, 0.1) is 22.4 Å². The van der Waals surface area contributed by atoms with Gasteiger partial charge in [-0.3, -0.25) is 4.57 Å². The topological polar surface area (TPSA) is 44.9 Å². The highest BCUT2D eigenvalue weighted by Gasteiger charge is 2.17. The zero-order valence-corrected chi connectivity index (χ0v) is 24.7. The fraction of sp³-hybridized carbons (Fsp3) is 0.158. The number of pyridine rings is 1. The Labute approximate surface area is 256 Å². The first-order chi connectivity index (χ1) is 22.1. The summed E-state index contributed by atoms with van der Waals surface area (Å²) >= 11 is 0. The van der Waals surface area contributed by atoms with Crippen molar-refractivity contribution in [2.75, 3.05) is 0 Å². The summed E-state index contributed by atoms with van der Waals surface area (Å²) in [5, 5.41) is 6.65. The third-order valence-corrected chi connectivity index (χ3v) is 8.05. The maximum atomic E-state index is 8.00. The summed E-state index contributed by atoms with van der Waals surface area (Å²) in [6.45, 7) is 6.22. The van der Waals surface area contributed by atoms with E-state index in [1.807, 2.05) is 90.6 Å². The standard InChI is InChI=1S/C38H34N4O/c1-24(2)29-18-19-39-37(21-29)41-35-17-14-25(3)20-34(35)33-16-15-32(23-36(33)41)43-31-13-9-12-30(22-31)42-27(5)38(26(4)40-42)28-10-7-6-8-11-28/h6-24H,1-5H3/i3D3. The van der Waals surface area contributed by atoms with Gasteiger partial charge in [0.25, 0.3) is 0 Å². The number of fused-ring (bicyclic) bond motifs is 3. The number of nitrogens with zero attached hydrogens (tertiary/aromatic N) is 4. The van der Waals surface area contributed by atoms with E-state index in [1.165, 1.54) is 5.56 Å². The lowest BCUT2D eigenvalue weighted by Gasteiger charge is -2.12. The molecule has 212 valence electrons. The number of rotatable bonds is 6. The van der Waals surface area contributed by atoms with Crippen LogP contribution >= 0.6 is 0 Å². The molecule has 5 heteroatoms. The Morgan fingerprint density at radius 1 is 0.767 bits per heavy atom. The average Bonchev–Trinajstić information content (AvgIpc) is 3.53. The van der Waals surface area contributed by atoms with E-state index in [9.17, 15) is 0 Å². The first-order valence-corrected chi connectivity index (χ1v) is 14.5. The van der Waals surface area contributed by atoms with Gasteiger partial charge in [0, 0.05) is 44.5 Å². The van der Waals surface area contributed by atoms with Crippen LogP contribution in [0.3, 0.4) is 0 Å². The molecule has 4 aromatic carbocycles. The Morgan fingerprint density at radius 3 is 2.42 bits per heavy atom. The molecule has 0 spiro atoms. The van der Waals surface area contributed by atoms with Crippen molar-refractivity contribution < 1.29 is 8.85 Å². The van der Waals surface area contributed by atoms with Crippen LogP contribution in [0, 0.1) is 20.7 Å². The molecule has 3 heterocycles. The minimum Gasteiger partial charge on any atom is -0.457 e. The molecule has 0 N–H and O–H groups in total. The van der Waals surface area contributed by atoms with Gasteiger partial charge in [0.2, 0.25) is 0 Å². The van der Waals surface area contributed by atoms with Crippen molar-refractivity contribution in [3.8, 4) is 34.1 Å².